The van der Waals surface area contributed by atoms with E-state index >= 15 is 0 Å². The third kappa shape index (κ3) is 2.84. The van der Waals surface area contributed by atoms with Crippen LogP contribution in [0, 0.1) is 10.1 Å². The van der Waals surface area contributed by atoms with Crippen LogP contribution in [0.2, 0.25) is 5.02 Å². The molecule has 1 amide bonds. The predicted molar refractivity (Wildman–Crippen MR) is 91.8 cm³/mol. The van der Waals surface area contributed by atoms with Crippen LogP contribution in [-0.2, 0) is 17.7 Å². The van der Waals surface area contributed by atoms with Crippen molar-refractivity contribution in [2.75, 3.05) is 18.1 Å². The number of amides is 1. The maximum absolute atomic E-state index is 12.4. The number of rotatable bonds is 3. The highest BCUT2D eigenvalue weighted by molar-refractivity contribution is 6.30. The number of aromatic nitrogens is 2. The second kappa shape index (κ2) is 5.87. The van der Waals surface area contributed by atoms with Crippen LogP contribution in [0.1, 0.15) is 12.5 Å². The maximum Gasteiger partial charge on any atom is 0.415 e. The first kappa shape index (κ1) is 16.6. The SMILES string of the molecule is CC1(COC(=O)N2CCc3cc(Cl)ccc32)Cn2cc([N+](=O)[O-])nc2O1. The van der Waals surface area contributed by atoms with Crippen LogP contribution < -0.4 is 9.64 Å². The van der Waals surface area contributed by atoms with Crippen molar-refractivity contribution in [1.29, 1.82) is 0 Å². The van der Waals surface area contributed by atoms with Crippen molar-refractivity contribution < 1.29 is 19.2 Å². The third-order valence-corrected chi connectivity index (χ3v) is 4.65. The van der Waals surface area contributed by atoms with E-state index in [-0.39, 0.29) is 18.4 Å². The van der Waals surface area contributed by atoms with E-state index in [1.165, 1.54) is 6.20 Å². The van der Waals surface area contributed by atoms with Gasteiger partial charge in [-0.25, -0.2) is 4.79 Å². The smallest absolute Gasteiger partial charge is 0.415 e. The second-order valence-electron chi connectivity index (χ2n) is 6.55. The number of anilines is 1. The summed E-state index contributed by atoms with van der Waals surface area (Å²) in [5.74, 6) is -0.272. The molecule has 1 aromatic heterocycles. The molecule has 0 saturated heterocycles. The van der Waals surface area contributed by atoms with Crippen LogP contribution in [0.5, 0.6) is 6.01 Å². The monoisotopic (exact) mass is 378 g/mol. The lowest BCUT2D eigenvalue weighted by atomic mass is 10.1. The van der Waals surface area contributed by atoms with Crippen LogP contribution in [-0.4, -0.2) is 39.3 Å². The number of ether oxygens (including phenoxy) is 2. The van der Waals surface area contributed by atoms with Crippen molar-refractivity contribution in [3.63, 3.8) is 0 Å². The number of benzene rings is 1. The van der Waals surface area contributed by atoms with Crippen molar-refractivity contribution in [3.05, 3.63) is 45.1 Å². The van der Waals surface area contributed by atoms with Crippen molar-refractivity contribution in [1.82, 2.24) is 9.55 Å². The van der Waals surface area contributed by atoms with Gasteiger partial charge in [-0.2, -0.15) is 0 Å². The lowest BCUT2D eigenvalue weighted by Gasteiger charge is -2.24. The summed E-state index contributed by atoms with van der Waals surface area (Å²) >= 11 is 5.98. The van der Waals surface area contributed by atoms with E-state index in [0.717, 1.165) is 17.7 Å². The Kier molecular flexibility index (Phi) is 3.76. The molecule has 0 bridgehead atoms. The molecule has 0 aliphatic carbocycles. The topological polar surface area (TPSA) is 99.7 Å². The maximum atomic E-state index is 12.4. The summed E-state index contributed by atoms with van der Waals surface area (Å²) < 4.78 is 12.6. The normalized spacial score (nSPS) is 20.5. The first-order chi connectivity index (χ1) is 12.3. The van der Waals surface area contributed by atoms with E-state index in [0.29, 0.717) is 18.1 Å². The molecule has 9 nitrogen and oxygen atoms in total. The van der Waals surface area contributed by atoms with E-state index in [9.17, 15) is 14.9 Å². The predicted octanol–water partition coefficient (Wildman–Crippen LogP) is 2.80. The summed E-state index contributed by atoms with van der Waals surface area (Å²) in [6, 6.07) is 5.53. The number of halogens is 1. The Hall–Kier alpha value is -2.81. The number of hydrogen-bond acceptors (Lipinski definition) is 6. The Morgan fingerprint density at radius 1 is 1.54 bits per heavy atom. The van der Waals surface area contributed by atoms with Gasteiger partial charge in [-0.05, 0) is 42.0 Å². The van der Waals surface area contributed by atoms with E-state index in [1.54, 1.807) is 28.5 Å². The Labute approximate surface area is 153 Å². The summed E-state index contributed by atoms with van der Waals surface area (Å²) in [6.07, 6.45) is 1.56. The average Bonchev–Trinajstić information content (AvgIpc) is 3.23. The molecule has 10 heteroatoms. The molecular weight excluding hydrogens is 364 g/mol. The van der Waals surface area contributed by atoms with E-state index in [1.807, 2.05) is 6.07 Å². The van der Waals surface area contributed by atoms with Crippen molar-refractivity contribution in [2.24, 2.45) is 0 Å². The summed E-state index contributed by atoms with van der Waals surface area (Å²) in [4.78, 5) is 28.0. The van der Waals surface area contributed by atoms with E-state index in [4.69, 9.17) is 21.1 Å². The zero-order valence-corrected chi connectivity index (χ0v) is 14.6. The summed E-state index contributed by atoms with van der Waals surface area (Å²) in [7, 11) is 0. The van der Waals surface area contributed by atoms with Crippen LogP contribution in [0.3, 0.4) is 0 Å². The lowest BCUT2D eigenvalue weighted by Crippen LogP contribution is -2.40. The van der Waals surface area contributed by atoms with Gasteiger partial charge in [0.2, 0.25) is 0 Å². The molecule has 0 N–H and O–H groups in total. The molecule has 136 valence electrons. The third-order valence-electron chi connectivity index (χ3n) is 4.42. The molecule has 2 aliphatic heterocycles. The van der Waals surface area contributed by atoms with Crippen molar-refractivity contribution >= 4 is 29.2 Å². The number of nitro groups is 1. The van der Waals surface area contributed by atoms with Gasteiger partial charge < -0.3 is 19.6 Å². The van der Waals surface area contributed by atoms with Gasteiger partial charge >= 0.3 is 17.9 Å². The first-order valence-corrected chi connectivity index (χ1v) is 8.36. The first-order valence-electron chi connectivity index (χ1n) is 7.98. The summed E-state index contributed by atoms with van der Waals surface area (Å²) in [5.41, 5.74) is 0.973. The van der Waals surface area contributed by atoms with Crippen LogP contribution in [0.25, 0.3) is 0 Å². The van der Waals surface area contributed by atoms with Crippen molar-refractivity contribution in [3.8, 4) is 6.01 Å². The fourth-order valence-electron chi connectivity index (χ4n) is 3.21. The fourth-order valence-corrected chi connectivity index (χ4v) is 3.40. The van der Waals surface area contributed by atoms with E-state index in [2.05, 4.69) is 4.98 Å². The molecule has 1 unspecified atom stereocenters. The number of imidazole rings is 1. The largest absolute Gasteiger partial charge is 0.445 e. The van der Waals surface area contributed by atoms with Gasteiger partial charge in [-0.3, -0.25) is 9.47 Å². The van der Waals surface area contributed by atoms with Gasteiger partial charge in [-0.15, -0.1) is 0 Å². The number of carbonyl (C=O) groups is 1. The zero-order chi connectivity index (χ0) is 18.5. The lowest BCUT2D eigenvalue weighted by molar-refractivity contribution is -0.389. The standard InChI is InChI=1S/C16H15ClN4O5/c1-16(8-19-7-13(21(23)24)18-14(19)26-16)9-25-15(22)20-5-4-10-6-11(17)2-3-12(10)20/h2-3,6-7H,4-5,8-9H2,1H3. The fraction of sp³-hybridized carbons (Fsp3) is 0.375. The highest BCUT2D eigenvalue weighted by Gasteiger charge is 2.42. The van der Waals surface area contributed by atoms with Gasteiger partial charge in [0.05, 0.1) is 12.2 Å². The zero-order valence-electron chi connectivity index (χ0n) is 13.8. The molecule has 2 aliphatic rings. The summed E-state index contributed by atoms with van der Waals surface area (Å²) in [5, 5.41) is 11.4. The highest BCUT2D eigenvalue weighted by atomic mass is 35.5. The molecule has 1 atom stereocenters. The molecule has 0 fully saturated rings. The average molecular weight is 379 g/mol. The van der Waals surface area contributed by atoms with Crippen LogP contribution in [0.4, 0.5) is 16.3 Å². The van der Waals surface area contributed by atoms with Gasteiger partial charge in [0.15, 0.2) is 5.60 Å². The molecular formula is C16H15ClN4O5. The Balaban J connectivity index is 1.40. The molecule has 1 aromatic carbocycles. The van der Waals surface area contributed by atoms with Crippen LogP contribution in [0.15, 0.2) is 24.4 Å². The van der Waals surface area contributed by atoms with Gasteiger partial charge in [0, 0.05) is 16.6 Å². The molecule has 26 heavy (non-hydrogen) atoms. The van der Waals surface area contributed by atoms with Gasteiger partial charge in [0.1, 0.15) is 12.8 Å². The quantitative estimate of drug-likeness (QED) is 0.601. The number of hydrogen-bond donors (Lipinski definition) is 0. The van der Waals surface area contributed by atoms with Crippen molar-refractivity contribution in [2.45, 2.75) is 25.5 Å². The molecule has 0 saturated carbocycles. The summed E-state index contributed by atoms with van der Waals surface area (Å²) in [6.45, 7) is 2.60. The minimum absolute atomic E-state index is 0.00239. The molecule has 0 radical (unpaired) electrons. The molecule has 0 spiro atoms. The number of nitrogens with zero attached hydrogens (tertiary/aromatic N) is 4. The highest BCUT2D eigenvalue weighted by Crippen LogP contribution is 2.33. The Morgan fingerprint density at radius 2 is 2.35 bits per heavy atom. The van der Waals surface area contributed by atoms with Crippen LogP contribution >= 0.6 is 11.6 Å². The minimum Gasteiger partial charge on any atom is -0.445 e. The molecule has 2 aromatic rings. The van der Waals surface area contributed by atoms with Gasteiger partial charge in [-0.1, -0.05) is 11.6 Å². The minimum atomic E-state index is -0.824. The Bertz CT molecular complexity index is 889. The Morgan fingerprint density at radius 3 is 3.08 bits per heavy atom. The number of carbonyl (C=O) groups excluding carboxylic acids is 1. The van der Waals surface area contributed by atoms with E-state index < -0.39 is 16.6 Å². The molecule has 3 heterocycles. The van der Waals surface area contributed by atoms with Gasteiger partial charge in [0.25, 0.3) is 0 Å². The molecule has 4 rings (SSSR count). The second-order valence-corrected chi connectivity index (χ2v) is 6.98. The number of fused-ring (bicyclic) bond motifs is 2.